The first-order valence-corrected chi connectivity index (χ1v) is 7.92. The smallest absolute Gasteiger partial charge is 0.111 e. The molecule has 1 heterocycles. The van der Waals surface area contributed by atoms with Crippen LogP contribution in [0.5, 0.6) is 0 Å². The minimum absolute atomic E-state index is 0.349. The summed E-state index contributed by atoms with van der Waals surface area (Å²) in [5.41, 5.74) is 0. The molecule has 5 nitrogen and oxygen atoms in total. The molecule has 0 aromatic rings. The lowest BCUT2D eigenvalue weighted by Crippen LogP contribution is -2.58. The van der Waals surface area contributed by atoms with E-state index in [0.717, 1.165) is 12.8 Å². The summed E-state index contributed by atoms with van der Waals surface area (Å²) in [5.74, 6) is 0. The lowest BCUT2D eigenvalue weighted by Gasteiger charge is -2.40. The van der Waals surface area contributed by atoms with Gasteiger partial charge in [-0.25, -0.2) is 0 Å². The Morgan fingerprint density at radius 2 is 1.30 bits per heavy atom. The first kappa shape index (κ1) is 17.9. The molecule has 1 rings (SSSR count). The van der Waals surface area contributed by atoms with Crippen LogP contribution in [0.15, 0.2) is 0 Å². The van der Waals surface area contributed by atoms with Crippen molar-refractivity contribution in [2.45, 2.75) is 88.8 Å². The standard InChI is InChI=1S/C15H30O5/c1-2-3-4-5-6-7-8-9-11-13(17)15(19)14(18)12(10-16)20-11/h11-19H,2-10H2,1H3/t11-,12-,13+,14-,15-/m1/s1. The van der Waals surface area contributed by atoms with Gasteiger partial charge < -0.3 is 25.2 Å². The predicted octanol–water partition coefficient (Wildman–Crippen LogP) is 0.969. The second kappa shape index (κ2) is 9.68. The molecule has 20 heavy (non-hydrogen) atoms. The Labute approximate surface area is 121 Å². The molecular formula is C15H30O5. The summed E-state index contributed by atoms with van der Waals surface area (Å²) in [4.78, 5) is 0. The molecule has 0 saturated carbocycles. The number of hydrogen-bond donors (Lipinski definition) is 4. The van der Waals surface area contributed by atoms with E-state index >= 15 is 0 Å². The summed E-state index contributed by atoms with van der Waals surface area (Å²) < 4.78 is 5.47. The Kier molecular flexibility index (Phi) is 8.64. The van der Waals surface area contributed by atoms with Crippen molar-refractivity contribution in [1.82, 2.24) is 0 Å². The van der Waals surface area contributed by atoms with Crippen LogP contribution in [-0.2, 0) is 4.74 Å². The fourth-order valence-electron chi connectivity index (χ4n) is 2.72. The molecule has 4 N–H and O–H groups in total. The maximum atomic E-state index is 9.88. The highest BCUT2D eigenvalue weighted by Crippen LogP contribution is 2.24. The van der Waals surface area contributed by atoms with Gasteiger partial charge in [0, 0.05) is 0 Å². The number of aliphatic hydroxyl groups is 4. The fourth-order valence-corrected chi connectivity index (χ4v) is 2.72. The lowest BCUT2D eigenvalue weighted by atomic mass is 9.92. The molecule has 1 aliphatic heterocycles. The van der Waals surface area contributed by atoms with Gasteiger partial charge >= 0.3 is 0 Å². The number of unbranched alkanes of at least 4 members (excludes halogenated alkanes) is 6. The van der Waals surface area contributed by atoms with Gasteiger partial charge in [-0.2, -0.15) is 0 Å². The molecule has 120 valence electrons. The van der Waals surface area contributed by atoms with E-state index in [1.54, 1.807) is 0 Å². The van der Waals surface area contributed by atoms with Gasteiger partial charge in [0.15, 0.2) is 0 Å². The number of ether oxygens (including phenoxy) is 1. The van der Waals surface area contributed by atoms with Crippen molar-refractivity contribution in [2.75, 3.05) is 6.61 Å². The van der Waals surface area contributed by atoms with Crippen molar-refractivity contribution in [3.63, 3.8) is 0 Å². The van der Waals surface area contributed by atoms with E-state index in [1.807, 2.05) is 0 Å². The molecular weight excluding hydrogens is 260 g/mol. The van der Waals surface area contributed by atoms with Crippen LogP contribution in [0, 0.1) is 0 Å². The molecule has 1 saturated heterocycles. The van der Waals surface area contributed by atoms with E-state index in [4.69, 9.17) is 9.84 Å². The minimum Gasteiger partial charge on any atom is -0.394 e. The maximum absolute atomic E-state index is 9.88. The molecule has 0 aliphatic carbocycles. The molecule has 0 amide bonds. The summed E-state index contributed by atoms with van der Waals surface area (Å²) in [6.45, 7) is 1.84. The Hall–Kier alpha value is -0.200. The molecule has 1 aliphatic rings. The van der Waals surface area contributed by atoms with Crippen molar-refractivity contribution in [2.24, 2.45) is 0 Å². The SMILES string of the molecule is CCCCCCCCC[C@H]1O[C@H](CO)[C@@H](O)[C@H](O)[C@H]1O. The number of rotatable bonds is 9. The third-order valence-corrected chi connectivity index (χ3v) is 4.08. The van der Waals surface area contributed by atoms with Crippen LogP contribution < -0.4 is 0 Å². The van der Waals surface area contributed by atoms with Crippen LogP contribution in [0.25, 0.3) is 0 Å². The van der Waals surface area contributed by atoms with Gasteiger partial charge in [0.05, 0.1) is 12.7 Å². The Bertz CT molecular complexity index is 246. The quantitative estimate of drug-likeness (QED) is 0.475. The highest BCUT2D eigenvalue weighted by molar-refractivity contribution is 4.91. The first-order chi connectivity index (χ1) is 9.61. The molecule has 1 fully saturated rings. The van der Waals surface area contributed by atoms with Crippen LogP contribution in [0.4, 0.5) is 0 Å². The summed E-state index contributed by atoms with van der Waals surface area (Å²) >= 11 is 0. The molecule has 5 heteroatoms. The summed E-state index contributed by atoms with van der Waals surface area (Å²) in [6.07, 6.45) is 4.03. The van der Waals surface area contributed by atoms with Crippen molar-refractivity contribution < 1.29 is 25.2 Å². The monoisotopic (exact) mass is 290 g/mol. The number of aliphatic hydroxyl groups excluding tert-OH is 4. The van der Waals surface area contributed by atoms with E-state index in [0.29, 0.717) is 6.42 Å². The van der Waals surface area contributed by atoms with E-state index in [9.17, 15) is 15.3 Å². The van der Waals surface area contributed by atoms with Crippen LogP contribution >= 0.6 is 0 Å². The minimum atomic E-state index is -1.24. The summed E-state index contributed by atoms with van der Waals surface area (Å²) in [6, 6.07) is 0. The second-order valence-electron chi connectivity index (χ2n) is 5.78. The van der Waals surface area contributed by atoms with Gasteiger partial charge in [0.1, 0.15) is 24.4 Å². The number of hydrogen-bond acceptors (Lipinski definition) is 5. The van der Waals surface area contributed by atoms with Gasteiger partial charge in [-0.05, 0) is 6.42 Å². The van der Waals surface area contributed by atoms with E-state index < -0.39 is 30.5 Å². The molecule has 0 unspecified atom stereocenters. The average Bonchev–Trinajstić information content (AvgIpc) is 2.46. The Morgan fingerprint density at radius 1 is 0.750 bits per heavy atom. The van der Waals surface area contributed by atoms with E-state index in [-0.39, 0.29) is 6.61 Å². The predicted molar refractivity (Wildman–Crippen MR) is 76.4 cm³/mol. The average molecular weight is 290 g/mol. The van der Waals surface area contributed by atoms with Crippen molar-refractivity contribution in [1.29, 1.82) is 0 Å². The zero-order chi connectivity index (χ0) is 15.0. The van der Waals surface area contributed by atoms with Gasteiger partial charge in [0.25, 0.3) is 0 Å². The van der Waals surface area contributed by atoms with Gasteiger partial charge in [-0.15, -0.1) is 0 Å². The maximum Gasteiger partial charge on any atom is 0.111 e. The zero-order valence-electron chi connectivity index (χ0n) is 12.4. The van der Waals surface area contributed by atoms with E-state index in [1.165, 1.54) is 32.1 Å². The van der Waals surface area contributed by atoms with E-state index in [2.05, 4.69) is 6.92 Å². The molecule has 0 radical (unpaired) electrons. The second-order valence-corrected chi connectivity index (χ2v) is 5.78. The molecule has 0 spiro atoms. The van der Waals surface area contributed by atoms with Crippen molar-refractivity contribution in [3.05, 3.63) is 0 Å². The molecule has 0 aromatic heterocycles. The third kappa shape index (κ3) is 5.30. The van der Waals surface area contributed by atoms with Gasteiger partial charge in [-0.1, -0.05) is 51.9 Å². The van der Waals surface area contributed by atoms with Crippen LogP contribution in [0.1, 0.15) is 58.3 Å². The van der Waals surface area contributed by atoms with Crippen LogP contribution in [0.2, 0.25) is 0 Å². The lowest BCUT2D eigenvalue weighted by molar-refractivity contribution is -0.230. The zero-order valence-corrected chi connectivity index (χ0v) is 12.4. The topological polar surface area (TPSA) is 90.2 Å². The van der Waals surface area contributed by atoms with Crippen molar-refractivity contribution >= 4 is 0 Å². The Morgan fingerprint density at radius 3 is 1.90 bits per heavy atom. The largest absolute Gasteiger partial charge is 0.394 e. The highest BCUT2D eigenvalue weighted by atomic mass is 16.5. The molecule has 0 aromatic carbocycles. The first-order valence-electron chi connectivity index (χ1n) is 7.92. The molecule has 0 bridgehead atoms. The third-order valence-electron chi connectivity index (χ3n) is 4.08. The van der Waals surface area contributed by atoms with Crippen molar-refractivity contribution in [3.8, 4) is 0 Å². The van der Waals surface area contributed by atoms with Gasteiger partial charge in [-0.3, -0.25) is 0 Å². The van der Waals surface area contributed by atoms with Gasteiger partial charge in [0.2, 0.25) is 0 Å². The normalized spacial score (nSPS) is 34.4. The van der Waals surface area contributed by atoms with Crippen LogP contribution in [0.3, 0.4) is 0 Å². The summed E-state index contributed by atoms with van der Waals surface area (Å²) in [7, 11) is 0. The van der Waals surface area contributed by atoms with Crippen LogP contribution in [-0.4, -0.2) is 57.6 Å². The summed E-state index contributed by atoms with van der Waals surface area (Å²) in [5, 5.41) is 38.3. The Balaban J connectivity index is 2.21. The molecule has 5 atom stereocenters. The fraction of sp³-hybridized carbons (Fsp3) is 1.00. The highest BCUT2D eigenvalue weighted by Gasteiger charge is 2.42.